The van der Waals surface area contributed by atoms with Crippen molar-refractivity contribution in [2.45, 2.75) is 13.1 Å². The SMILES string of the molecule is CN(Cc1cnn(C)c1)C(=O)c1ccc(Cn2cccn2)cc1. The average Bonchev–Trinajstić information content (AvgIpc) is 3.19. The van der Waals surface area contributed by atoms with Gasteiger partial charge in [0.15, 0.2) is 0 Å². The van der Waals surface area contributed by atoms with Gasteiger partial charge in [0, 0.05) is 50.4 Å². The standard InChI is InChI=1S/C17H19N5O/c1-20(11-15-10-19-21(2)12-15)17(23)16-6-4-14(5-7-16)13-22-9-3-8-18-22/h3-10,12H,11,13H2,1-2H3. The molecule has 0 radical (unpaired) electrons. The molecule has 0 N–H and O–H groups in total. The molecule has 0 saturated carbocycles. The molecule has 3 aromatic rings. The quantitative estimate of drug-likeness (QED) is 0.724. The van der Waals surface area contributed by atoms with Crippen LogP contribution in [0.5, 0.6) is 0 Å². The Bertz CT molecular complexity index is 774. The van der Waals surface area contributed by atoms with Crippen molar-refractivity contribution in [1.29, 1.82) is 0 Å². The van der Waals surface area contributed by atoms with Gasteiger partial charge >= 0.3 is 0 Å². The zero-order valence-electron chi connectivity index (χ0n) is 13.3. The van der Waals surface area contributed by atoms with Crippen molar-refractivity contribution < 1.29 is 4.79 Å². The molecule has 6 nitrogen and oxygen atoms in total. The molecule has 0 unspecified atom stereocenters. The van der Waals surface area contributed by atoms with Gasteiger partial charge in [0.25, 0.3) is 5.91 Å². The van der Waals surface area contributed by atoms with Crippen LogP contribution < -0.4 is 0 Å². The largest absolute Gasteiger partial charge is 0.337 e. The smallest absolute Gasteiger partial charge is 0.253 e. The fourth-order valence-corrected chi connectivity index (χ4v) is 2.45. The first-order valence-electron chi connectivity index (χ1n) is 7.41. The number of benzene rings is 1. The predicted octanol–water partition coefficient (Wildman–Crippen LogP) is 1.94. The molecule has 0 aliphatic carbocycles. The van der Waals surface area contributed by atoms with E-state index in [0.29, 0.717) is 18.7 Å². The van der Waals surface area contributed by atoms with Crippen LogP contribution in [0.1, 0.15) is 21.5 Å². The Balaban J connectivity index is 1.64. The first-order valence-corrected chi connectivity index (χ1v) is 7.41. The second kappa shape index (κ2) is 6.48. The summed E-state index contributed by atoms with van der Waals surface area (Å²) in [5.41, 5.74) is 2.81. The Kier molecular flexibility index (Phi) is 4.23. The Morgan fingerprint density at radius 1 is 1.17 bits per heavy atom. The van der Waals surface area contributed by atoms with Crippen molar-refractivity contribution in [3.05, 3.63) is 71.8 Å². The minimum atomic E-state index is -0.000470. The first-order chi connectivity index (χ1) is 11.1. The van der Waals surface area contributed by atoms with Crippen LogP contribution >= 0.6 is 0 Å². The molecule has 2 aromatic heterocycles. The lowest BCUT2D eigenvalue weighted by atomic mass is 10.1. The van der Waals surface area contributed by atoms with Crippen LogP contribution in [0.15, 0.2) is 55.1 Å². The highest BCUT2D eigenvalue weighted by molar-refractivity contribution is 5.94. The molecule has 0 fully saturated rings. The summed E-state index contributed by atoms with van der Waals surface area (Å²) < 4.78 is 3.59. The van der Waals surface area contributed by atoms with Gasteiger partial charge < -0.3 is 4.90 Å². The molecular weight excluding hydrogens is 290 g/mol. The highest BCUT2D eigenvalue weighted by Crippen LogP contribution is 2.10. The number of carbonyl (C=O) groups is 1. The molecule has 23 heavy (non-hydrogen) atoms. The highest BCUT2D eigenvalue weighted by atomic mass is 16.2. The van der Waals surface area contributed by atoms with Gasteiger partial charge in [0.05, 0.1) is 12.7 Å². The number of aryl methyl sites for hydroxylation is 1. The van der Waals surface area contributed by atoms with Gasteiger partial charge in [-0.2, -0.15) is 10.2 Å². The molecule has 118 valence electrons. The van der Waals surface area contributed by atoms with Crippen molar-refractivity contribution in [2.24, 2.45) is 7.05 Å². The van der Waals surface area contributed by atoms with E-state index in [-0.39, 0.29) is 5.91 Å². The van der Waals surface area contributed by atoms with Crippen LogP contribution in [0.2, 0.25) is 0 Å². The maximum absolute atomic E-state index is 12.5. The van der Waals surface area contributed by atoms with Crippen molar-refractivity contribution in [2.75, 3.05) is 7.05 Å². The summed E-state index contributed by atoms with van der Waals surface area (Å²) in [6, 6.07) is 9.55. The Morgan fingerprint density at radius 3 is 2.57 bits per heavy atom. The molecule has 0 aliphatic rings. The Hall–Kier alpha value is -2.89. The molecule has 0 saturated heterocycles. The topological polar surface area (TPSA) is 56.0 Å². The monoisotopic (exact) mass is 309 g/mol. The normalized spacial score (nSPS) is 10.7. The van der Waals surface area contributed by atoms with E-state index < -0.39 is 0 Å². The van der Waals surface area contributed by atoms with E-state index in [0.717, 1.165) is 11.1 Å². The molecule has 0 bridgehead atoms. The molecule has 0 spiro atoms. The molecule has 0 atom stereocenters. The maximum atomic E-state index is 12.5. The molecule has 3 rings (SSSR count). The van der Waals surface area contributed by atoms with E-state index >= 15 is 0 Å². The van der Waals surface area contributed by atoms with E-state index in [1.165, 1.54) is 0 Å². The third-order valence-corrected chi connectivity index (χ3v) is 3.63. The van der Waals surface area contributed by atoms with Gasteiger partial charge in [0.2, 0.25) is 0 Å². The summed E-state index contributed by atoms with van der Waals surface area (Å²) in [4.78, 5) is 14.2. The summed E-state index contributed by atoms with van der Waals surface area (Å²) in [5.74, 6) is -0.000470. The van der Waals surface area contributed by atoms with Crippen LogP contribution in [0.25, 0.3) is 0 Å². The summed E-state index contributed by atoms with van der Waals surface area (Å²) in [6.07, 6.45) is 7.36. The van der Waals surface area contributed by atoms with Crippen LogP contribution in [0.4, 0.5) is 0 Å². The number of nitrogens with zero attached hydrogens (tertiary/aromatic N) is 5. The van der Waals surface area contributed by atoms with Crippen LogP contribution in [-0.4, -0.2) is 37.4 Å². The van der Waals surface area contributed by atoms with E-state index in [1.807, 2.05) is 54.5 Å². The Morgan fingerprint density at radius 2 is 1.96 bits per heavy atom. The lowest BCUT2D eigenvalue weighted by molar-refractivity contribution is 0.0785. The number of aromatic nitrogens is 4. The fraction of sp³-hybridized carbons (Fsp3) is 0.235. The van der Waals surface area contributed by atoms with E-state index in [4.69, 9.17) is 0 Å². The van der Waals surface area contributed by atoms with Gasteiger partial charge in [-0.15, -0.1) is 0 Å². The molecule has 0 aliphatic heterocycles. The lowest BCUT2D eigenvalue weighted by Crippen LogP contribution is -2.26. The van der Waals surface area contributed by atoms with Gasteiger partial charge in [-0.25, -0.2) is 0 Å². The van der Waals surface area contributed by atoms with Crippen LogP contribution in [-0.2, 0) is 20.1 Å². The zero-order chi connectivity index (χ0) is 16.2. The molecule has 6 heteroatoms. The predicted molar refractivity (Wildman–Crippen MR) is 86.8 cm³/mol. The number of hydrogen-bond donors (Lipinski definition) is 0. The summed E-state index contributed by atoms with van der Waals surface area (Å²) in [7, 11) is 3.66. The molecular formula is C17H19N5O. The second-order valence-electron chi connectivity index (χ2n) is 5.58. The van der Waals surface area contributed by atoms with E-state index in [9.17, 15) is 4.79 Å². The van der Waals surface area contributed by atoms with Crippen LogP contribution in [0, 0.1) is 0 Å². The van der Waals surface area contributed by atoms with Gasteiger partial charge in [-0.3, -0.25) is 14.2 Å². The number of carbonyl (C=O) groups excluding carboxylic acids is 1. The highest BCUT2D eigenvalue weighted by Gasteiger charge is 2.12. The molecule has 1 aromatic carbocycles. The summed E-state index contributed by atoms with van der Waals surface area (Å²) in [6.45, 7) is 1.24. The fourth-order valence-electron chi connectivity index (χ4n) is 2.45. The summed E-state index contributed by atoms with van der Waals surface area (Å²) in [5, 5.41) is 8.30. The van der Waals surface area contributed by atoms with Crippen LogP contribution in [0.3, 0.4) is 0 Å². The second-order valence-corrected chi connectivity index (χ2v) is 5.58. The van der Waals surface area contributed by atoms with Crippen molar-refractivity contribution in [3.63, 3.8) is 0 Å². The van der Waals surface area contributed by atoms with Gasteiger partial charge in [-0.1, -0.05) is 12.1 Å². The molecule has 2 heterocycles. The van der Waals surface area contributed by atoms with E-state index in [2.05, 4.69) is 10.2 Å². The molecule has 1 amide bonds. The third-order valence-electron chi connectivity index (χ3n) is 3.63. The zero-order valence-corrected chi connectivity index (χ0v) is 13.3. The average molecular weight is 309 g/mol. The number of rotatable bonds is 5. The number of hydrogen-bond acceptors (Lipinski definition) is 3. The van der Waals surface area contributed by atoms with Gasteiger partial charge in [0.1, 0.15) is 0 Å². The van der Waals surface area contributed by atoms with Crippen molar-refractivity contribution in [1.82, 2.24) is 24.5 Å². The van der Waals surface area contributed by atoms with Crippen molar-refractivity contribution in [3.8, 4) is 0 Å². The minimum absolute atomic E-state index is 0.000470. The maximum Gasteiger partial charge on any atom is 0.253 e. The lowest BCUT2D eigenvalue weighted by Gasteiger charge is -2.16. The first kappa shape index (κ1) is 15.0. The van der Waals surface area contributed by atoms with Gasteiger partial charge in [-0.05, 0) is 23.8 Å². The number of amides is 1. The third kappa shape index (κ3) is 3.66. The Labute approximate surface area is 135 Å². The minimum Gasteiger partial charge on any atom is -0.337 e. The van der Waals surface area contributed by atoms with Crippen molar-refractivity contribution >= 4 is 5.91 Å². The summed E-state index contributed by atoms with van der Waals surface area (Å²) >= 11 is 0. The van der Waals surface area contributed by atoms with E-state index in [1.54, 1.807) is 29.0 Å².